The molecule has 4 rings (SSSR count). The number of rotatable bonds is 7. The first-order valence-corrected chi connectivity index (χ1v) is 9.35. The number of aromatic hydroxyl groups is 1. The molecule has 0 saturated carbocycles. The van der Waals surface area contributed by atoms with Gasteiger partial charge in [-0.2, -0.15) is 0 Å². The predicted octanol–water partition coefficient (Wildman–Crippen LogP) is 0.836. The highest BCUT2D eigenvalue weighted by Crippen LogP contribution is 2.24. The number of carbonyl (C=O) groups is 2. The van der Waals surface area contributed by atoms with Crippen LogP contribution >= 0.6 is 0 Å². The summed E-state index contributed by atoms with van der Waals surface area (Å²) in [6.07, 6.45) is 1.57. The van der Waals surface area contributed by atoms with E-state index in [0.29, 0.717) is 21.9 Å². The van der Waals surface area contributed by atoms with E-state index in [1.54, 1.807) is 30.5 Å². The molecule has 0 saturated heterocycles. The Morgan fingerprint density at radius 1 is 1.16 bits per heavy atom. The van der Waals surface area contributed by atoms with Gasteiger partial charge in [-0.1, -0.05) is 0 Å². The number of aromatic amines is 1. The molecule has 2 aromatic heterocycles. The normalized spacial score (nSPS) is 12.0. The second kappa shape index (κ2) is 8.23. The number of aliphatic carboxylic acids is 1. The van der Waals surface area contributed by atoms with E-state index < -0.39 is 30.2 Å². The minimum atomic E-state index is -1.45. The average Bonchev–Trinajstić information content (AvgIpc) is 3.13. The van der Waals surface area contributed by atoms with Gasteiger partial charge in [-0.15, -0.1) is 0 Å². The van der Waals surface area contributed by atoms with Crippen LogP contribution in [0.5, 0.6) is 11.5 Å². The number of nitrogens with one attached hydrogen (secondary N) is 2. The summed E-state index contributed by atoms with van der Waals surface area (Å²) in [5.41, 5.74) is 1.12. The number of phenolic OH excluding ortho intramolecular Hbond substituents is 1. The molecule has 0 aliphatic rings. The van der Waals surface area contributed by atoms with Crippen LogP contribution < -0.4 is 20.8 Å². The Morgan fingerprint density at radius 2 is 1.97 bits per heavy atom. The fourth-order valence-electron chi connectivity index (χ4n) is 3.26. The zero-order chi connectivity index (χ0) is 22.0. The molecule has 1 amide bonds. The van der Waals surface area contributed by atoms with Gasteiger partial charge in [0.1, 0.15) is 17.1 Å². The van der Waals surface area contributed by atoms with Crippen LogP contribution in [-0.2, 0) is 16.0 Å². The predicted molar refractivity (Wildman–Crippen MR) is 109 cm³/mol. The van der Waals surface area contributed by atoms with Crippen LogP contribution in [0.15, 0.2) is 63.9 Å². The van der Waals surface area contributed by atoms with Crippen molar-refractivity contribution in [1.82, 2.24) is 10.3 Å². The van der Waals surface area contributed by atoms with Gasteiger partial charge < -0.3 is 34.5 Å². The SMILES string of the molecule is O=C(COc1ccc2ccc(=O)oc2c1)N[C@@H](Cc1c[nH]c2ccc(O)cc12)C(=O)[O-]. The lowest BCUT2D eigenvalue weighted by Crippen LogP contribution is -2.50. The summed E-state index contributed by atoms with van der Waals surface area (Å²) in [5, 5.41) is 24.9. The van der Waals surface area contributed by atoms with Crippen molar-refractivity contribution in [2.45, 2.75) is 12.5 Å². The lowest BCUT2D eigenvalue weighted by Gasteiger charge is -2.19. The summed E-state index contributed by atoms with van der Waals surface area (Å²) < 4.78 is 10.5. The maximum Gasteiger partial charge on any atom is 0.336 e. The molecule has 31 heavy (non-hydrogen) atoms. The number of benzene rings is 2. The zero-order valence-corrected chi connectivity index (χ0v) is 16.1. The number of ether oxygens (including phenoxy) is 1. The summed E-state index contributed by atoms with van der Waals surface area (Å²) in [5.74, 6) is -1.78. The van der Waals surface area contributed by atoms with E-state index >= 15 is 0 Å². The van der Waals surface area contributed by atoms with Crippen LogP contribution in [0.25, 0.3) is 21.9 Å². The van der Waals surface area contributed by atoms with Crippen LogP contribution in [-0.4, -0.2) is 34.6 Å². The van der Waals surface area contributed by atoms with Crippen molar-refractivity contribution in [3.63, 3.8) is 0 Å². The van der Waals surface area contributed by atoms with E-state index in [4.69, 9.17) is 9.15 Å². The first-order chi connectivity index (χ1) is 14.9. The third kappa shape index (κ3) is 4.50. The van der Waals surface area contributed by atoms with Crippen molar-refractivity contribution < 1.29 is 29.0 Å². The number of carboxylic acids is 1. The monoisotopic (exact) mass is 421 g/mol. The highest BCUT2D eigenvalue weighted by molar-refractivity contribution is 5.87. The number of fused-ring (bicyclic) bond motifs is 2. The summed E-state index contributed by atoms with van der Waals surface area (Å²) in [4.78, 5) is 38.1. The number of hydrogen-bond acceptors (Lipinski definition) is 7. The van der Waals surface area contributed by atoms with Crippen molar-refractivity contribution in [3.8, 4) is 11.5 Å². The summed E-state index contributed by atoms with van der Waals surface area (Å²) in [7, 11) is 0. The highest BCUT2D eigenvalue weighted by Gasteiger charge is 2.17. The quantitative estimate of drug-likeness (QED) is 0.375. The van der Waals surface area contributed by atoms with Crippen LogP contribution in [0, 0.1) is 0 Å². The average molecular weight is 421 g/mol. The molecular formula is C22H17N2O7-. The highest BCUT2D eigenvalue weighted by atomic mass is 16.5. The number of carbonyl (C=O) groups excluding carboxylic acids is 2. The molecule has 0 unspecified atom stereocenters. The van der Waals surface area contributed by atoms with Gasteiger partial charge in [0.15, 0.2) is 6.61 Å². The number of phenols is 1. The number of H-pyrrole nitrogens is 1. The number of carboxylic acid groups (broad SMARTS) is 1. The molecule has 9 heteroatoms. The van der Waals surface area contributed by atoms with E-state index in [2.05, 4.69) is 10.3 Å². The molecule has 0 spiro atoms. The maximum absolute atomic E-state index is 12.2. The van der Waals surface area contributed by atoms with Gasteiger partial charge in [-0.05, 0) is 42.0 Å². The first-order valence-electron chi connectivity index (χ1n) is 9.35. The van der Waals surface area contributed by atoms with Gasteiger partial charge in [-0.25, -0.2) is 4.79 Å². The van der Waals surface area contributed by atoms with Crippen molar-refractivity contribution >= 4 is 33.7 Å². The van der Waals surface area contributed by atoms with Crippen LogP contribution in [0.1, 0.15) is 5.56 Å². The molecule has 0 radical (unpaired) electrons. The molecule has 2 heterocycles. The molecule has 3 N–H and O–H groups in total. The van der Waals surface area contributed by atoms with Gasteiger partial charge in [0, 0.05) is 41.0 Å². The van der Waals surface area contributed by atoms with Crippen LogP contribution in [0.4, 0.5) is 0 Å². The minimum absolute atomic E-state index is 0.0430. The summed E-state index contributed by atoms with van der Waals surface area (Å²) in [6.45, 7) is -0.443. The molecule has 0 fully saturated rings. The molecular weight excluding hydrogens is 404 g/mol. The van der Waals surface area contributed by atoms with Crippen molar-refractivity contribution in [3.05, 3.63) is 70.7 Å². The standard InChI is InChI=1S/C22H18N2O7/c25-14-3-5-17-16(8-14)13(10-23-17)7-18(22(28)29)24-20(26)11-30-15-4-1-12-2-6-21(27)31-19(12)9-15/h1-6,8-10,18,23,25H,7,11H2,(H,24,26)(H,28,29)/p-1/t18-/m0/s1. The van der Waals surface area contributed by atoms with Crippen molar-refractivity contribution in [1.29, 1.82) is 0 Å². The largest absolute Gasteiger partial charge is 0.548 e. The summed E-state index contributed by atoms with van der Waals surface area (Å²) >= 11 is 0. The Hall–Kier alpha value is -4.27. The molecule has 158 valence electrons. The van der Waals surface area contributed by atoms with E-state index in [1.165, 1.54) is 24.3 Å². The van der Waals surface area contributed by atoms with Crippen LogP contribution in [0.2, 0.25) is 0 Å². The summed E-state index contributed by atoms with van der Waals surface area (Å²) in [6, 6.07) is 11.0. The smallest absolute Gasteiger partial charge is 0.336 e. The fourth-order valence-corrected chi connectivity index (χ4v) is 3.26. The van der Waals surface area contributed by atoms with Gasteiger partial charge in [-0.3, -0.25) is 4.79 Å². The van der Waals surface area contributed by atoms with E-state index in [9.17, 15) is 24.6 Å². The number of amides is 1. The Labute approximate surface area is 174 Å². The number of aromatic nitrogens is 1. The number of hydrogen-bond donors (Lipinski definition) is 3. The second-order valence-corrected chi connectivity index (χ2v) is 6.93. The van der Waals surface area contributed by atoms with E-state index in [-0.39, 0.29) is 17.9 Å². The molecule has 4 aromatic rings. The molecule has 0 bridgehead atoms. The van der Waals surface area contributed by atoms with Crippen LogP contribution in [0.3, 0.4) is 0 Å². The van der Waals surface area contributed by atoms with E-state index in [0.717, 1.165) is 5.52 Å². The third-order valence-corrected chi connectivity index (χ3v) is 4.76. The van der Waals surface area contributed by atoms with Gasteiger partial charge >= 0.3 is 5.63 Å². The van der Waals surface area contributed by atoms with Gasteiger partial charge in [0.2, 0.25) is 0 Å². The Kier molecular flexibility index (Phi) is 5.31. The lowest BCUT2D eigenvalue weighted by molar-refractivity contribution is -0.308. The lowest BCUT2D eigenvalue weighted by atomic mass is 10.0. The van der Waals surface area contributed by atoms with Crippen molar-refractivity contribution in [2.75, 3.05) is 6.61 Å². The molecule has 0 aliphatic carbocycles. The van der Waals surface area contributed by atoms with Gasteiger partial charge in [0.25, 0.3) is 5.91 Å². The maximum atomic E-state index is 12.2. The van der Waals surface area contributed by atoms with Crippen molar-refractivity contribution in [2.24, 2.45) is 0 Å². The molecule has 1 atom stereocenters. The molecule has 2 aromatic carbocycles. The third-order valence-electron chi connectivity index (χ3n) is 4.76. The fraction of sp³-hybridized carbons (Fsp3) is 0.136. The first kappa shape index (κ1) is 20.0. The molecule has 0 aliphatic heterocycles. The minimum Gasteiger partial charge on any atom is -0.548 e. The topological polar surface area (TPSA) is 145 Å². The molecule has 9 nitrogen and oxygen atoms in total. The van der Waals surface area contributed by atoms with E-state index in [1.807, 2.05) is 0 Å². The Morgan fingerprint density at radius 3 is 2.77 bits per heavy atom. The second-order valence-electron chi connectivity index (χ2n) is 6.93. The Balaban J connectivity index is 1.42. The zero-order valence-electron chi connectivity index (χ0n) is 16.1. The Bertz CT molecular complexity index is 1340. The van der Waals surface area contributed by atoms with Gasteiger partial charge in [0.05, 0.1) is 12.0 Å².